The van der Waals surface area contributed by atoms with Crippen LogP contribution in [0.25, 0.3) is 11.0 Å². The Morgan fingerprint density at radius 1 is 1.05 bits per heavy atom. The first-order chi connectivity index (χ1) is 18.7. The molecule has 0 bridgehead atoms. The molecule has 0 atom stereocenters. The molecule has 39 heavy (non-hydrogen) atoms. The molecule has 4 aromatic rings. The standard InChI is InChI=1S/C29H34FN7O2/c1-20(2)33(3)29(39)37-26(38)13-16-31-27(37)34(4)23-14-17-35(18-15-23)28-32-24-7-5-6-8-25(24)36(28)19-21-9-11-22(30)12-10-21/h5-13,16,20,23H,14-15,17-19H2,1-4H3. The Kier molecular flexibility index (Phi) is 7.36. The molecule has 9 nitrogen and oxygen atoms in total. The summed E-state index contributed by atoms with van der Waals surface area (Å²) < 4.78 is 16.8. The first kappa shape index (κ1) is 26.4. The summed E-state index contributed by atoms with van der Waals surface area (Å²) in [6.07, 6.45) is 3.06. The number of benzene rings is 2. The van der Waals surface area contributed by atoms with Crippen molar-refractivity contribution in [3.8, 4) is 0 Å². The fourth-order valence-electron chi connectivity index (χ4n) is 5.05. The van der Waals surface area contributed by atoms with Crippen LogP contribution in [0.4, 0.5) is 21.1 Å². The number of hydrogen-bond donors (Lipinski definition) is 0. The number of piperidine rings is 1. The molecule has 0 N–H and O–H groups in total. The highest BCUT2D eigenvalue weighted by Crippen LogP contribution is 2.28. The molecule has 5 rings (SSSR count). The quantitative estimate of drug-likeness (QED) is 0.371. The zero-order valence-electron chi connectivity index (χ0n) is 22.8. The molecule has 0 aliphatic carbocycles. The van der Waals surface area contributed by atoms with Gasteiger partial charge < -0.3 is 19.3 Å². The smallest absolute Gasteiger partial charge is 0.334 e. The molecule has 1 aliphatic heterocycles. The highest BCUT2D eigenvalue weighted by molar-refractivity contribution is 5.80. The van der Waals surface area contributed by atoms with E-state index in [1.54, 1.807) is 19.2 Å². The SMILES string of the molecule is CC(C)N(C)C(=O)n1c(N(C)C2CCN(c3nc4ccccc4n3Cc3ccc(F)cc3)CC2)nccc1=O. The van der Waals surface area contributed by atoms with Crippen molar-refractivity contribution in [1.29, 1.82) is 0 Å². The number of carbonyl (C=O) groups is 1. The number of aromatic nitrogens is 4. The maximum atomic E-state index is 13.5. The third kappa shape index (κ3) is 5.23. The average molecular weight is 532 g/mol. The van der Waals surface area contributed by atoms with Gasteiger partial charge in [-0.2, -0.15) is 4.57 Å². The number of halogens is 1. The molecular weight excluding hydrogens is 497 g/mol. The van der Waals surface area contributed by atoms with E-state index in [2.05, 4.69) is 20.5 Å². The summed E-state index contributed by atoms with van der Waals surface area (Å²) in [4.78, 5) is 41.0. The van der Waals surface area contributed by atoms with Crippen molar-refractivity contribution >= 4 is 29.0 Å². The zero-order chi connectivity index (χ0) is 27.7. The van der Waals surface area contributed by atoms with E-state index in [-0.39, 0.29) is 17.9 Å². The summed E-state index contributed by atoms with van der Waals surface area (Å²) in [7, 11) is 3.58. The van der Waals surface area contributed by atoms with Crippen molar-refractivity contribution in [3.05, 3.63) is 82.5 Å². The van der Waals surface area contributed by atoms with Gasteiger partial charge in [-0.25, -0.2) is 19.2 Å². The lowest BCUT2D eigenvalue weighted by Crippen LogP contribution is -2.48. The van der Waals surface area contributed by atoms with Crippen LogP contribution in [0.2, 0.25) is 0 Å². The van der Waals surface area contributed by atoms with E-state index < -0.39 is 11.6 Å². The van der Waals surface area contributed by atoms with Crippen molar-refractivity contribution in [2.24, 2.45) is 0 Å². The number of hydrogen-bond acceptors (Lipinski definition) is 6. The van der Waals surface area contributed by atoms with Gasteiger partial charge in [0.1, 0.15) is 5.82 Å². The lowest BCUT2D eigenvalue weighted by Gasteiger charge is -2.38. The lowest BCUT2D eigenvalue weighted by molar-refractivity contribution is 0.198. The Balaban J connectivity index is 1.37. The third-order valence-electron chi connectivity index (χ3n) is 7.59. The van der Waals surface area contributed by atoms with Crippen molar-refractivity contribution in [1.82, 2.24) is 24.0 Å². The van der Waals surface area contributed by atoms with E-state index in [4.69, 9.17) is 4.98 Å². The molecule has 1 aliphatic rings. The maximum Gasteiger partial charge on any atom is 0.334 e. The van der Waals surface area contributed by atoms with E-state index in [1.165, 1.54) is 29.3 Å². The molecule has 3 heterocycles. The lowest BCUT2D eigenvalue weighted by atomic mass is 10.0. The van der Waals surface area contributed by atoms with Gasteiger partial charge in [-0.1, -0.05) is 24.3 Å². The molecule has 2 aromatic carbocycles. The van der Waals surface area contributed by atoms with Crippen LogP contribution in [-0.4, -0.2) is 69.3 Å². The maximum absolute atomic E-state index is 13.5. The van der Waals surface area contributed by atoms with Crippen molar-refractivity contribution in [2.75, 3.05) is 37.0 Å². The van der Waals surface area contributed by atoms with Crippen molar-refractivity contribution in [2.45, 2.75) is 45.3 Å². The van der Waals surface area contributed by atoms with E-state index >= 15 is 0 Å². The number of nitrogens with zero attached hydrogens (tertiary/aromatic N) is 7. The molecular formula is C29H34FN7O2. The Bertz CT molecular complexity index is 1520. The first-order valence-corrected chi connectivity index (χ1v) is 13.3. The minimum Gasteiger partial charge on any atom is -0.342 e. The molecule has 2 aromatic heterocycles. The van der Waals surface area contributed by atoms with Gasteiger partial charge in [-0.05, 0) is 56.5 Å². The summed E-state index contributed by atoms with van der Waals surface area (Å²) >= 11 is 0. The van der Waals surface area contributed by atoms with Crippen molar-refractivity contribution in [3.63, 3.8) is 0 Å². The number of rotatable bonds is 6. The monoisotopic (exact) mass is 531 g/mol. The number of anilines is 2. The second-order valence-electron chi connectivity index (χ2n) is 10.3. The first-order valence-electron chi connectivity index (χ1n) is 13.3. The predicted molar refractivity (Wildman–Crippen MR) is 151 cm³/mol. The minimum absolute atomic E-state index is 0.0554. The van der Waals surface area contributed by atoms with Crippen LogP contribution >= 0.6 is 0 Å². The van der Waals surface area contributed by atoms with Gasteiger partial charge in [0.05, 0.1) is 17.6 Å². The summed E-state index contributed by atoms with van der Waals surface area (Å²) in [5, 5.41) is 0. The number of para-hydroxylation sites is 2. The van der Waals surface area contributed by atoms with Crippen LogP contribution < -0.4 is 15.4 Å². The van der Waals surface area contributed by atoms with Crippen molar-refractivity contribution < 1.29 is 9.18 Å². The van der Waals surface area contributed by atoms with Gasteiger partial charge in [0, 0.05) is 51.5 Å². The third-order valence-corrected chi connectivity index (χ3v) is 7.59. The van der Waals surface area contributed by atoms with E-state index in [0.717, 1.165) is 53.0 Å². The molecule has 10 heteroatoms. The van der Waals surface area contributed by atoms with Gasteiger partial charge in [0.15, 0.2) is 0 Å². The fraction of sp³-hybridized carbons (Fsp3) is 0.379. The summed E-state index contributed by atoms with van der Waals surface area (Å²) in [6.45, 7) is 5.89. The molecule has 1 saturated heterocycles. The second kappa shape index (κ2) is 10.9. The number of amides is 1. The van der Waals surface area contributed by atoms with Crippen LogP contribution in [0.5, 0.6) is 0 Å². The van der Waals surface area contributed by atoms with Gasteiger partial charge in [-0.3, -0.25) is 4.79 Å². The Labute approximate surface area is 227 Å². The van der Waals surface area contributed by atoms with Crippen LogP contribution in [0.1, 0.15) is 32.3 Å². The summed E-state index contributed by atoms with van der Waals surface area (Å²) in [5.41, 5.74) is 2.55. The van der Waals surface area contributed by atoms with E-state index in [1.807, 2.05) is 44.0 Å². The van der Waals surface area contributed by atoms with Crippen LogP contribution in [0.15, 0.2) is 65.6 Å². The number of fused-ring (bicyclic) bond motifs is 1. The summed E-state index contributed by atoms with van der Waals surface area (Å²) in [6, 6.07) is 15.6. The van der Waals surface area contributed by atoms with Gasteiger partial charge >= 0.3 is 6.03 Å². The van der Waals surface area contributed by atoms with Gasteiger partial charge in [0.25, 0.3) is 5.56 Å². The zero-order valence-corrected chi connectivity index (χ0v) is 22.8. The van der Waals surface area contributed by atoms with Crippen LogP contribution in [0, 0.1) is 5.82 Å². The highest BCUT2D eigenvalue weighted by atomic mass is 19.1. The Morgan fingerprint density at radius 2 is 1.74 bits per heavy atom. The van der Waals surface area contributed by atoms with E-state index in [0.29, 0.717) is 12.5 Å². The van der Waals surface area contributed by atoms with E-state index in [9.17, 15) is 14.0 Å². The molecule has 0 saturated carbocycles. The van der Waals surface area contributed by atoms with Crippen LogP contribution in [0.3, 0.4) is 0 Å². The second-order valence-corrected chi connectivity index (χ2v) is 10.3. The molecule has 0 unspecified atom stereocenters. The fourth-order valence-corrected chi connectivity index (χ4v) is 5.05. The number of carbonyl (C=O) groups excluding carboxylic acids is 1. The molecule has 0 spiro atoms. The van der Waals surface area contributed by atoms with Gasteiger partial charge in [0.2, 0.25) is 11.9 Å². The highest BCUT2D eigenvalue weighted by Gasteiger charge is 2.29. The molecule has 1 amide bonds. The predicted octanol–water partition coefficient (Wildman–Crippen LogP) is 4.19. The summed E-state index contributed by atoms with van der Waals surface area (Å²) in [5.74, 6) is 0.976. The molecule has 204 valence electrons. The molecule has 1 fully saturated rings. The topological polar surface area (TPSA) is 79.5 Å². The molecule has 0 radical (unpaired) electrons. The normalized spacial score (nSPS) is 14.3. The number of imidazole rings is 1. The Hall–Kier alpha value is -4.21. The van der Waals surface area contributed by atoms with Gasteiger partial charge in [-0.15, -0.1) is 0 Å². The van der Waals surface area contributed by atoms with Crippen LogP contribution in [-0.2, 0) is 6.54 Å². The minimum atomic E-state index is -0.392. The average Bonchev–Trinajstić information content (AvgIpc) is 3.31. The largest absolute Gasteiger partial charge is 0.342 e. The Morgan fingerprint density at radius 3 is 2.44 bits per heavy atom.